The predicted octanol–water partition coefficient (Wildman–Crippen LogP) is 0.954. The molecule has 88 valence electrons. The van der Waals surface area contributed by atoms with Crippen LogP contribution in [-0.4, -0.2) is 51.3 Å². The van der Waals surface area contributed by atoms with Crippen LogP contribution >= 0.6 is 0 Å². The van der Waals surface area contributed by atoms with Crippen molar-refractivity contribution in [2.45, 2.75) is 19.3 Å². The second-order valence-electron chi connectivity index (χ2n) is 5.13. The van der Waals surface area contributed by atoms with Crippen molar-refractivity contribution in [3.8, 4) is 0 Å². The number of hydrogen-bond acceptors (Lipinski definition) is 3. The number of hydrogen-bond donors (Lipinski definition) is 1. The number of rotatable bonds is 5. The van der Waals surface area contributed by atoms with Gasteiger partial charge in [-0.2, -0.15) is 0 Å². The maximum absolute atomic E-state index is 5.38. The Balaban J connectivity index is 1.56. The van der Waals surface area contributed by atoms with E-state index < -0.39 is 0 Å². The van der Waals surface area contributed by atoms with Crippen LogP contribution in [0.5, 0.6) is 0 Å². The van der Waals surface area contributed by atoms with E-state index in [1.807, 2.05) is 0 Å². The van der Waals surface area contributed by atoms with Gasteiger partial charge in [-0.05, 0) is 57.8 Å². The van der Waals surface area contributed by atoms with E-state index in [0.717, 1.165) is 25.0 Å². The van der Waals surface area contributed by atoms with Crippen LogP contribution in [0.4, 0.5) is 0 Å². The number of ether oxygens (including phenoxy) is 1. The summed E-state index contributed by atoms with van der Waals surface area (Å²) in [5.41, 5.74) is 0. The maximum atomic E-state index is 5.38. The van der Waals surface area contributed by atoms with Crippen molar-refractivity contribution in [3.05, 3.63) is 0 Å². The topological polar surface area (TPSA) is 24.5 Å². The largest absolute Gasteiger partial charge is 0.381 e. The SMILES string of the molecule is CN(CCC1CNC1)CC1CCOCC1. The molecule has 0 bridgehead atoms. The standard InChI is InChI=1S/C12H24N2O/c1-14(5-2-12-8-13-9-12)10-11-3-6-15-7-4-11/h11-13H,2-10H2,1H3. The van der Waals surface area contributed by atoms with Crippen LogP contribution in [-0.2, 0) is 4.74 Å². The zero-order valence-electron chi connectivity index (χ0n) is 9.87. The van der Waals surface area contributed by atoms with Crippen LogP contribution in [0.25, 0.3) is 0 Å². The van der Waals surface area contributed by atoms with Crippen molar-refractivity contribution in [2.24, 2.45) is 11.8 Å². The van der Waals surface area contributed by atoms with Crippen LogP contribution < -0.4 is 5.32 Å². The average Bonchev–Trinajstić information content (AvgIpc) is 2.17. The van der Waals surface area contributed by atoms with Crippen LogP contribution in [0.2, 0.25) is 0 Å². The molecule has 0 radical (unpaired) electrons. The molecular weight excluding hydrogens is 188 g/mol. The van der Waals surface area contributed by atoms with Crippen LogP contribution in [0.1, 0.15) is 19.3 Å². The fourth-order valence-electron chi connectivity index (χ4n) is 2.42. The first kappa shape index (κ1) is 11.4. The summed E-state index contributed by atoms with van der Waals surface area (Å²) < 4.78 is 5.38. The van der Waals surface area contributed by atoms with Gasteiger partial charge in [-0.3, -0.25) is 0 Å². The molecule has 2 saturated heterocycles. The summed E-state index contributed by atoms with van der Waals surface area (Å²) in [6, 6.07) is 0. The molecule has 0 spiro atoms. The van der Waals surface area contributed by atoms with Gasteiger partial charge in [0.15, 0.2) is 0 Å². The third-order valence-corrected chi connectivity index (χ3v) is 3.70. The lowest BCUT2D eigenvalue weighted by Crippen LogP contribution is -2.43. The number of nitrogens with one attached hydrogen (secondary N) is 1. The molecule has 1 N–H and O–H groups in total. The summed E-state index contributed by atoms with van der Waals surface area (Å²) in [7, 11) is 2.27. The summed E-state index contributed by atoms with van der Waals surface area (Å²) in [5, 5.41) is 3.33. The molecule has 3 nitrogen and oxygen atoms in total. The van der Waals surface area contributed by atoms with Gasteiger partial charge in [0.25, 0.3) is 0 Å². The third-order valence-electron chi connectivity index (χ3n) is 3.70. The fraction of sp³-hybridized carbons (Fsp3) is 1.00. The summed E-state index contributed by atoms with van der Waals surface area (Å²) in [5.74, 6) is 1.82. The molecule has 0 unspecified atom stereocenters. The summed E-state index contributed by atoms with van der Waals surface area (Å²) in [6.45, 7) is 6.97. The van der Waals surface area contributed by atoms with E-state index in [1.165, 1.54) is 45.4 Å². The van der Waals surface area contributed by atoms with E-state index in [1.54, 1.807) is 0 Å². The van der Waals surface area contributed by atoms with Gasteiger partial charge in [-0.15, -0.1) is 0 Å². The second kappa shape index (κ2) is 5.83. The van der Waals surface area contributed by atoms with Gasteiger partial charge >= 0.3 is 0 Å². The maximum Gasteiger partial charge on any atom is 0.0469 e. The minimum absolute atomic E-state index is 0.878. The van der Waals surface area contributed by atoms with E-state index in [0.29, 0.717) is 0 Å². The summed E-state index contributed by atoms with van der Waals surface area (Å²) in [4.78, 5) is 2.51. The Morgan fingerprint density at radius 3 is 2.53 bits per heavy atom. The first-order valence-corrected chi connectivity index (χ1v) is 6.31. The lowest BCUT2D eigenvalue weighted by atomic mass is 9.97. The first-order valence-electron chi connectivity index (χ1n) is 6.31. The monoisotopic (exact) mass is 212 g/mol. The lowest BCUT2D eigenvalue weighted by Gasteiger charge is -2.31. The Bertz CT molecular complexity index is 176. The molecule has 0 aliphatic carbocycles. The highest BCUT2D eigenvalue weighted by Crippen LogP contribution is 2.16. The van der Waals surface area contributed by atoms with E-state index >= 15 is 0 Å². The molecule has 2 aliphatic rings. The molecule has 2 heterocycles. The number of nitrogens with zero attached hydrogens (tertiary/aromatic N) is 1. The molecule has 2 rings (SSSR count). The van der Waals surface area contributed by atoms with Crippen LogP contribution in [0, 0.1) is 11.8 Å². The molecule has 2 aliphatic heterocycles. The van der Waals surface area contributed by atoms with E-state index in [9.17, 15) is 0 Å². The minimum atomic E-state index is 0.878. The molecular formula is C12H24N2O. The van der Waals surface area contributed by atoms with E-state index in [2.05, 4.69) is 17.3 Å². The summed E-state index contributed by atoms with van der Waals surface area (Å²) in [6.07, 6.45) is 3.89. The summed E-state index contributed by atoms with van der Waals surface area (Å²) >= 11 is 0. The molecule has 0 atom stereocenters. The van der Waals surface area contributed by atoms with Crippen molar-refractivity contribution in [3.63, 3.8) is 0 Å². The van der Waals surface area contributed by atoms with Crippen molar-refractivity contribution in [2.75, 3.05) is 46.4 Å². The fourth-order valence-corrected chi connectivity index (χ4v) is 2.42. The zero-order chi connectivity index (χ0) is 10.5. The van der Waals surface area contributed by atoms with E-state index in [4.69, 9.17) is 4.74 Å². The van der Waals surface area contributed by atoms with Gasteiger partial charge in [0.1, 0.15) is 0 Å². The van der Waals surface area contributed by atoms with Crippen molar-refractivity contribution in [1.82, 2.24) is 10.2 Å². The molecule has 2 fully saturated rings. The molecule has 0 aromatic heterocycles. The zero-order valence-corrected chi connectivity index (χ0v) is 9.87. The van der Waals surface area contributed by atoms with Gasteiger partial charge in [0.2, 0.25) is 0 Å². The highest BCUT2D eigenvalue weighted by Gasteiger charge is 2.19. The Labute approximate surface area is 93.2 Å². The smallest absolute Gasteiger partial charge is 0.0469 e. The van der Waals surface area contributed by atoms with Crippen LogP contribution in [0.3, 0.4) is 0 Å². The molecule has 0 saturated carbocycles. The van der Waals surface area contributed by atoms with Crippen molar-refractivity contribution in [1.29, 1.82) is 0 Å². The van der Waals surface area contributed by atoms with Gasteiger partial charge in [-0.1, -0.05) is 0 Å². The quantitative estimate of drug-likeness (QED) is 0.734. The average molecular weight is 212 g/mol. The molecule has 0 aromatic rings. The second-order valence-corrected chi connectivity index (χ2v) is 5.13. The predicted molar refractivity (Wildman–Crippen MR) is 62.0 cm³/mol. The Kier molecular flexibility index (Phi) is 4.42. The van der Waals surface area contributed by atoms with Gasteiger partial charge in [0.05, 0.1) is 0 Å². The lowest BCUT2D eigenvalue weighted by molar-refractivity contribution is 0.0548. The third kappa shape index (κ3) is 3.74. The first-order chi connectivity index (χ1) is 7.34. The van der Waals surface area contributed by atoms with Gasteiger partial charge < -0.3 is 15.0 Å². The normalized spacial score (nSPS) is 24.4. The Morgan fingerprint density at radius 2 is 1.93 bits per heavy atom. The van der Waals surface area contributed by atoms with E-state index in [-0.39, 0.29) is 0 Å². The highest BCUT2D eigenvalue weighted by molar-refractivity contribution is 4.76. The van der Waals surface area contributed by atoms with Gasteiger partial charge in [-0.25, -0.2) is 0 Å². The molecule has 0 amide bonds. The Morgan fingerprint density at radius 1 is 1.20 bits per heavy atom. The Hall–Kier alpha value is -0.120. The molecule has 15 heavy (non-hydrogen) atoms. The van der Waals surface area contributed by atoms with Crippen molar-refractivity contribution < 1.29 is 4.74 Å². The molecule has 0 aromatic carbocycles. The highest BCUT2D eigenvalue weighted by atomic mass is 16.5. The minimum Gasteiger partial charge on any atom is -0.381 e. The molecule has 3 heteroatoms. The van der Waals surface area contributed by atoms with Gasteiger partial charge in [0, 0.05) is 19.8 Å². The van der Waals surface area contributed by atoms with Crippen LogP contribution in [0.15, 0.2) is 0 Å². The van der Waals surface area contributed by atoms with Crippen molar-refractivity contribution >= 4 is 0 Å².